The van der Waals surface area contributed by atoms with Crippen molar-refractivity contribution in [2.75, 3.05) is 11.9 Å². The molecule has 0 amide bonds. The van der Waals surface area contributed by atoms with E-state index in [-0.39, 0.29) is 12.8 Å². The molecule has 1 aromatic rings. The number of carboxylic acids is 1. The fraction of sp³-hybridized carbons (Fsp3) is 0.500. The minimum absolute atomic E-state index is 0.00520. The van der Waals surface area contributed by atoms with Gasteiger partial charge in [0.15, 0.2) is 0 Å². The molecule has 0 saturated heterocycles. The summed E-state index contributed by atoms with van der Waals surface area (Å²) in [4.78, 5) is 10.4. The van der Waals surface area contributed by atoms with Gasteiger partial charge in [0.2, 0.25) is 0 Å². The van der Waals surface area contributed by atoms with E-state index in [0.29, 0.717) is 6.54 Å². The average molecular weight is 251 g/mol. The first-order valence-electron chi connectivity index (χ1n) is 6.11. The Morgan fingerprint density at radius 3 is 2.44 bits per heavy atom. The van der Waals surface area contributed by atoms with Crippen LogP contribution in [0.1, 0.15) is 29.5 Å². The fourth-order valence-electron chi connectivity index (χ4n) is 1.77. The van der Waals surface area contributed by atoms with Crippen LogP contribution in [-0.2, 0) is 4.79 Å². The average Bonchev–Trinajstić information content (AvgIpc) is 2.29. The Hall–Kier alpha value is -1.55. The van der Waals surface area contributed by atoms with E-state index >= 15 is 0 Å². The van der Waals surface area contributed by atoms with Gasteiger partial charge in [-0.2, -0.15) is 0 Å². The fourth-order valence-corrected chi connectivity index (χ4v) is 1.77. The molecule has 18 heavy (non-hydrogen) atoms. The second-order valence-electron chi connectivity index (χ2n) is 4.72. The number of anilines is 1. The maximum atomic E-state index is 10.4. The van der Waals surface area contributed by atoms with E-state index < -0.39 is 12.1 Å². The number of aliphatic hydroxyl groups is 1. The van der Waals surface area contributed by atoms with Crippen molar-refractivity contribution in [2.45, 2.75) is 39.7 Å². The van der Waals surface area contributed by atoms with Crippen molar-refractivity contribution in [2.24, 2.45) is 0 Å². The molecule has 1 unspecified atom stereocenters. The number of rotatable bonds is 6. The predicted molar refractivity (Wildman–Crippen MR) is 72.0 cm³/mol. The number of benzene rings is 1. The standard InChI is InChI=1S/C14H21NO3/c1-9-6-11(3)13(7-10(9)2)15-8-12(16)4-5-14(17)18/h6-7,12,15-16H,4-5,8H2,1-3H3,(H,17,18). The van der Waals surface area contributed by atoms with E-state index in [1.807, 2.05) is 13.8 Å². The van der Waals surface area contributed by atoms with Crippen molar-refractivity contribution in [3.8, 4) is 0 Å². The topological polar surface area (TPSA) is 69.6 Å². The highest BCUT2D eigenvalue weighted by Gasteiger charge is 2.08. The molecular formula is C14H21NO3. The molecule has 1 aromatic carbocycles. The minimum atomic E-state index is -0.878. The van der Waals surface area contributed by atoms with E-state index in [2.05, 4.69) is 24.4 Å². The zero-order chi connectivity index (χ0) is 13.7. The van der Waals surface area contributed by atoms with Gasteiger partial charge in [-0.05, 0) is 49.9 Å². The van der Waals surface area contributed by atoms with Gasteiger partial charge in [-0.3, -0.25) is 4.79 Å². The summed E-state index contributed by atoms with van der Waals surface area (Å²) in [6, 6.07) is 4.15. The Kier molecular flexibility index (Phi) is 5.16. The molecule has 0 aliphatic rings. The number of hydrogen-bond donors (Lipinski definition) is 3. The molecule has 0 saturated carbocycles. The largest absolute Gasteiger partial charge is 0.481 e. The van der Waals surface area contributed by atoms with E-state index in [1.165, 1.54) is 11.1 Å². The molecule has 100 valence electrons. The lowest BCUT2D eigenvalue weighted by Crippen LogP contribution is -2.20. The monoisotopic (exact) mass is 251 g/mol. The number of aryl methyl sites for hydroxylation is 3. The SMILES string of the molecule is Cc1cc(C)c(NCC(O)CCC(=O)O)cc1C. The third kappa shape index (κ3) is 4.37. The van der Waals surface area contributed by atoms with E-state index in [1.54, 1.807) is 0 Å². The summed E-state index contributed by atoms with van der Waals surface area (Å²) in [5.41, 5.74) is 4.56. The van der Waals surface area contributed by atoms with Crippen LogP contribution < -0.4 is 5.32 Å². The van der Waals surface area contributed by atoms with Crippen LogP contribution in [0.5, 0.6) is 0 Å². The lowest BCUT2D eigenvalue weighted by atomic mass is 10.0. The molecule has 4 nitrogen and oxygen atoms in total. The van der Waals surface area contributed by atoms with Crippen LogP contribution in [0.4, 0.5) is 5.69 Å². The zero-order valence-corrected chi connectivity index (χ0v) is 11.2. The summed E-state index contributed by atoms with van der Waals surface area (Å²) in [7, 11) is 0. The molecule has 0 radical (unpaired) electrons. The molecule has 0 aromatic heterocycles. The van der Waals surface area contributed by atoms with Crippen LogP contribution in [0.2, 0.25) is 0 Å². The first-order chi connectivity index (χ1) is 8.40. The molecule has 3 N–H and O–H groups in total. The summed E-state index contributed by atoms with van der Waals surface area (Å²) in [6.45, 7) is 6.49. The first kappa shape index (κ1) is 14.5. The van der Waals surface area contributed by atoms with Gasteiger partial charge in [-0.25, -0.2) is 0 Å². The van der Waals surface area contributed by atoms with Crippen molar-refractivity contribution >= 4 is 11.7 Å². The Labute approximate surface area is 108 Å². The number of aliphatic carboxylic acids is 1. The van der Waals surface area contributed by atoms with Crippen LogP contribution in [0.15, 0.2) is 12.1 Å². The van der Waals surface area contributed by atoms with E-state index in [0.717, 1.165) is 11.3 Å². The molecule has 0 aliphatic carbocycles. The number of hydrogen-bond acceptors (Lipinski definition) is 3. The number of nitrogens with one attached hydrogen (secondary N) is 1. The lowest BCUT2D eigenvalue weighted by molar-refractivity contribution is -0.137. The third-order valence-corrected chi connectivity index (χ3v) is 3.06. The van der Waals surface area contributed by atoms with E-state index in [4.69, 9.17) is 5.11 Å². The van der Waals surface area contributed by atoms with Crippen LogP contribution in [0.3, 0.4) is 0 Å². The Balaban J connectivity index is 2.53. The third-order valence-electron chi connectivity index (χ3n) is 3.06. The minimum Gasteiger partial charge on any atom is -0.481 e. The summed E-state index contributed by atoms with van der Waals surface area (Å²) < 4.78 is 0. The normalized spacial score (nSPS) is 12.2. The molecule has 1 atom stereocenters. The van der Waals surface area contributed by atoms with Crippen molar-refractivity contribution in [1.29, 1.82) is 0 Å². The maximum absolute atomic E-state index is 10.4. The van der Waals surface area contributed by atoms with Gasteiger partial charge in [0.25, 0.3) is 0 Å². The molecular weight excluding hydrogens is 230 g/mol. The van der Waals surface area contributed by atoms with Gasteiger partial charge < -0.3 is 15.5 Å². The Bertz CT molecular complexity index is 429. The van der Waals surface area contributed by atoms with Crippen LogP contribution in [0.25, 0.3) is 0 Å². The van der Waals surface area contributed by atoms with Gasteiger partial charge in [-0.15, -0.1) is 0 Å². The van der Waals surface area contributed by atoms with Crippen molar-refractivity contribution in [3.05, 3.63) is 28.8 Å². The van der Waals surface area contributed by atoms with Crippen LogP contribution >= 0.6 is 0 Å². The predicted octanol–water partition coefficient (Wildman–Crippen LogP) is 2.25. The molecule has 0 spiro atoms. The summed E-state index contributed by atoms with van der Waals surface area (Å²) in [6.07, 6.45) is -0.372. The molecule has 0 fully saturated rings. The van der Waals surface area contributed by atoms with Gasteiger partial charge >= 0.3 is 5.97 Å². The van der Waals surface area contributed by atoms with Gasteiger partial charge in [0, 0.05) is 18.7 Å². The summed E-state index contributed by atoms with van der Waals surface area (Å²) >= 11 is 0. The van der Waals surface area contributed by atoms with Crippen molar-refractivity contribution in [3.63, 3.8) is 0 Å². The zero-order valence-electron chi connectivity index (χ0n) is 11.2. The second kappa shape index (κ2) is 6.40. The maximum Gasteiger partial charge on any atom is 0.303 e. The lowest BCUT2D eigenvalue weighted by Gasteiger charge is -2.15. The second-order valence-corrected chi connectivity index (χ2v) is 4.72. The molecule has 1 rings (SSSR count). The van der Waals surface area contributed by atoms with Crippen LogP contribution in [0, 0.1) is 20.8 Å². The summed E-state index contributed by atoms with van der Waals surface area (Å²) in [5, 5.41) is 21.3. The Morgan fingerprint density at radius 2 is 1.83 bits per heavy atom. The van der Waals surface area contributed by atoms with Crippen molar-refractivity contribution in [1.82, 2.24) is 0 Å². The highest BCUT2D eigenvalue weighted by molar-refractivity contribution is 5.66. The highest BCUT2D eigenvalue weighted by Crippen LogP contribution is 2.20. The number of carbonyl (C=O) groups is 1. The number of carboxylic acid groups (broad SMARTS) is 1. The Morgan fingerprint density at radius 1 is 1.22 bits per heavy atom. The quantitative estimate of drug-likeness (QED) is 0.725. The van der Waals surface area contributed by atoms with Crippen molar-refractivity contribution < 1.29 is 15.0 Å². The smallest absolute Gasteiger partial charge is 0.303 e. The highest BCUT2D eigenvalue weighted by atomic mass is 16.4. The van der Waals surface area contributed by atoms with Gasteiger partial charge in [0.1, 0.15) is 0 Å². The van der Waals surface area contributed by atoms with Crippen LogP contribution in [-0.4, -0.2) is 28.8 Å². The molecule has 4 heteroatoms. The van der Waals surface area contributed by atoms with Gasteiger partial charge in [-0.1, -0.05) is 6.07 Å². The molecule has 0 bridgehead atoms. The molecule has 0 aliphatic heterocycles. The first-order valence-corrected chi connectivity index (χ1v) is 6.11. The molecule has 0 heterocycles. The number of aliphatic hydroxyl groups excluding tert-OH is 1. The van der Waals surface area contributed by atoms with Gasteiger partial charge in [0.05, 0.1) is 6.10 Å². The van der Waals surface area contributed by atoms with E-state index in [9.17, 15) is 9.90 Å². The summed E-state index contributed by atoms with van der Waals surface area (Å²) in [5.74, 6) is -0.878.